The van der Waals surface area contributed by atoms with Crippen molar-refractivity contribution in [1.82, 2.24) is 5.06 Å². The van der Waals surface area contributed by atoms with E-state index in [0.717, 1.165) is 25.9 Å². The van der Waals surface area contributed by atoms with Crippen LogP contribution in [0.3, 0.4) is 0 Å². The highest BCUT2D eigenvalue weighted by Gasteiger charge is 1.96. The van der Waals surface area contributed by atoms with Crippen molar-refractivity contribution in [1.29, 1.82) is 0 Å². The molecule has 0 atom stereocenters. The van der Waals surface area contributed by atoms with Gasteiger partial charge in [-0.15, -0.1) is 0 Å². The molecule has 0 bridgehead atoms. The second-order valence-corrected chi connectivity index (χ2v) is 8.29. The lowest BCUT2D eigenvalue weighted by Crippen LogP contribution is -2.18. The van der Waals surface area contributed by atoms with Crippen LogP contribution in [0.2, 0.25) is 0 Å². The van der Waals surface area contributed by atoms with E-state index >= 15 is 0 Å². The number of hydrogen-bond donors (Lipinski definition) is 0. The van der Waals surface area contributed by atoms with Crippen molar-refractivity contribution in [3.63, 3.8) is 0 Å². The summed E-state index contributed by atoms with van der Waals surface area (Å²) in [6, 6.07) is 0. The van der Waals surface area contributed by atoms with Gasteiger partial charge in [0.1, 0.15) is 0 Å². The summed E-state index contributed by atoms with van der Waals surface area (Å²) < 4.78 is 0. The van der Waals surface area contributed by atoms with E-state index in [1.54, 1.807) is 0 Å². The highest BCUT2D eigenvalue weighted by molar-refractivity contribution is 4.58. The first kappa shape index (κ1) is 25.9. The zero-order valence-electron chi connectivity index (χ0n) is 18.4. The molecule has 0 fully saturated rings. The SMILES string of the molecule is CCCCCCCCCCCCCCN([O-])CCCCCCCCCC. The van der Waals surface area contributed by atoms with E-state index in [9.17, 15) is 5.21 Å². The second kappa shape index (κ2) is 23.0. The molecule has 0 heterocycles. The minimum atomic E-state index is 0.757. The van der Waals surface area contributed by atoms with Crippen molar-refractivity contribution >= 4 is 0 Å². The Kier molecular flexibility index (Phi) is 22.9. The van der Waals surface area contributed by atoms with Crippen LogP contribution in [-0.2, 0) is 0 Å². The standard InChI is InChI=1S/C24H50NO/c1-3-5-7-9-11-13-14-15-16-18-20-22-24-25(26)23-21-19-17-12-10-8-6-4-2/h3-24H2,1-2H3/q-1. The molecule has 0 rings (SSSR count). The minimum Gasteiger partial charge on any atom is -0.785 e. The first-order chi connectivity index (χ1) is 12.8. The van der Waals surface area contributed by atoms with Crippen molar-refractivity contribution < 1.29 is 0 Å². The van der Waals surface area contributed by atoms with E-state index in [0.29, 0.717) is 0 Å². The van der Waals surface area contributed by atoms with E-state index in [1.165, 1.54) is 121 Å². The normalized spacial score (nSPS) is 11.5. The molecule has 2 heteroatoms. The fourth-order valence-corrected chi connectivity index (χ4v) is 3.66. The van der Waals surface area contributed by atoms with Crippen LogP contribution in [0.4, 0.5) is 0 Å². The maximum atomic E-state index is 11.8. The summed E-state index contributed by atoms with van der Waals surface area (Å²) in [7, 11) is 0. The lowest BCUT2D eigenvalue weighted by Gasteiger charge is -2.28. The van der Waals surface area contributed by atoms with Gasteiger partial charge in [-0.1, -0.05) is 129 Å². The van der Waals surface area contributed by atoms with E-state index < -0.39 is 0 Å². The van der Waals surface area contributed by atoms with Crippen LogP contribution in [0.25, 0.3) is 0 Å². The maximum Gasteiger partial charge on any atom is -0.0145 e. The zero-order chi connectivity index (χ0) is 19.1. The number of unbranched alkanes of at least 4 members (excludes halogenated alkanes) is 18. The summed E-state index contributed by atoms with van der Waals surface area (Å²) in [6.45, 7) is 6.06. The van der Waals surface area contributed by atoms with Gasteiger partial charge in [0.05, 0.1) is 0 Å². The topological polar surface area (TPSA) is 26.3 Å². The molecule has 0 N–H and O–H groups in total. The molecule has 158 valence electrons. The van der Waals surface area contributed by atoms with Gasteiger partial charge in [-0.3, -0.25) is 0 Å². The third-order valence-corrected chi connectivity index (χ3v) is 5.52. The molecule has 0 saturated heterocycles. The summed E-state index contributed by atoms with van der Waals surface area (Å²) in [5, 5.41) is 13.1. The predicted molar refractivity (Wildman–Crippen MR) is 119 cm³/mol. The Morgan fingerprint density at radius 2 is 0.615 bits per heavy atom. The third kappa shape index (κ3) is 22.0. The smallest absolute Gasteiger partial charge is 0.0145 e. The predicted octanol–water partition coefficient (Wildman–Crippen LogP) is 8.63. The fourth-order valence-electron chi connectivity index (χ4n) is 3.66. The summed E-state index contributed by atoms with van der Waals surface area (Å²) in [4.78, 5) is 0. The lowest BCUT2D eigenvalue weighted by atomic mass is 10.1. The van der Waals surface area contributed by atoms with Crippen LogP contribution in [0.15, 0.2) is 0 Å². The van der Waals surface area contributed by atoms with E-state index in [4.69, 9.17) is 0 Å². The zero-order valence-corrected chi connectivity index (χ0v) is 18.4. The molecule has 0 unspecified atom stereocenters. The summed E-state index contributed by atoms with van der Waals surface area (Å²) >= 11 is 0. The van der Waals surface area contributed by atoms with Gasteiger partial charge in [0.15, 0.2) is 0 Å². The molecule has 0 aromatic rings. The first-order valence-corrected chi connectivity index (χ1v) is 12.2. The van der Waals surface area contributed by atoms with E-state index in [1.807, 2.05) is 0 Å². The van der Waals surface area contributed by atoms with Crippen LogP contribution in [-0.4, -0.2) is 18.2 Å². The van der Waals surface area contributed by atoms with E-state index in [2.05, 4.69) is 13.8 Å². The molecule has 0 aromatic heterocycles. The van der Waals surface area contributed by atoms with Gasteiger partial charge in [0.2, 0.25) is 0 Å². The Bertz CT molecular complexity index is 244. The van der Waals surface area contributed by atoms with Crippen LogP contribution in [0, 0.1) is 5.21 Å². The highest BCUT2D eigenvalue weighted by Crippen LogP contribution is 2.12. The fraction of sp³-hybridized carbons (Fsp3) is 1.00. The van der Waals surface area contributed by atoms with Crippen LogP contribution >= 0.6 is 0 Å². The summed E-state index contributed by atoms with van der Waals surface area (Å²) in [6.07, 6.45) is 26.8. The van der Waals surface area contributed by atoms with Crippen molar-refractivity contribution in [3.8, 4) is 0 Å². The maximum absolute atomic E-state index is 11.8. The number of hydroxylamine groups is 2. The Morgan fingerprint density at radius 1 is 0.385 bits per heavy atom. The van der Waals surface area contributed by atoms with Gasteiger partial charge in [-0.05, 0) is 25.9 Å². The number of hydrogen-bond acceptors (Lipinski definition) is 2. The van der Waals surface area contributed by atoms with Crippen LogP contribution in [0.5, 0.6) is 0 Å². The molecule has 0 aromatic carbocycles. The number of nitrogens with zero attached hydrogens (tertiary/aromatic N) is 1. The molecule has 0 aliphatic heterocycles. The highest BCUT2D eigenvalue weighted by atomic mass is 16.5. The lowest BCUT2D eigenvalue weighted by molar-refractivity contribution is 0.350. The average Bonchev–Trinajstić information content (AvgIpc) is 2.65. The monoisotopic (exact) mass is 368 g/mol. The van der Waals surface area contributed by atoms with Gasteiger partial charge < -0.3 is 10.3 Å². The van der Waals surface area contributed by atoms with Crippen molar-refractivity contribution in [3.05, 3.63) is 5.21 Å². The molecule has 2 nitrogen and oxygen atoms in total. The molecule has 0 radical (unpaired) electrons. The average molecular weight is 369 g/mol. The van der Waals surface area contributed by atoms with Crippen molar-refractivity contribution in [2.45, 2.75) is 142 Å². The molecule has 0 amide bonds. The third-order valence-electron chi connectivity index (χ3n) is 5.52. The second-order valence-electron chi connectivity index (χ2n) is 8.29. The quantitative estimate of drug-likeness (QED) is 0.141. The molecule has 0 saturated carbocycles. The summed E-state index contributed by atoms with van der Waals surface area (Å²) in [5.74, 6) is 0. The van der Waals surface area contributed by atoms with Gasteiger partial charge in [0.25, 0.3) is 0 Å². The Morgan fingerprint density at radius 3 is 0.885 bits per heavy atom. The van der Waals surface area contributed by atoms with Crippen molar-refractivity contribution in [2.75, 3.05) is 13.1 Å². The van der Waals surface area contributed by atoms with E-state index in [-0.39, 0.29) is 0 Å². The largest absolute Gasteiger partial charge is 0.785 e. The van der Waals surface area contributed by atoms with Gasteiger partial charge in [-0.2, -0.15) is 0 Å². The molecule has 0 aliphatic rings. The molecular formula is C24H50NO-. The molecule has 0 aliphatic carbocycles. The summed E-state index contributed by atoms with van der Waals surface area (Å²) in [5.41, 5.74) is 0. The van der Waals surface area contributed by atoms with Gasteiger partial charge in [0, 0.05) is 0 Å². The molecule has 0 spiro atoms. The van der Waals surface area contributed by atoms with Crippen LogP contribution < -0.4 is 0 Å². The molecule has 26 heavy (non-hydrogen) atoms. The Labute approximate surface area is 166 Å². The van der Waals surface area contributed by atoms with Crippen LogP contribution in [0.1, 0.15) is 142 Å². The number of rotatable bonds is 22. The van der Waals surface area contributed by atoms with Crippen molar-refractivity contribution in [2.24, 2.45) is 0 Å². The van der Waals surface area contributed by atoms with Gasteiger partial charge >= 0.3 is 0 Å². The Balaban J connectivity index is 3.11. The molecular weight excluding hydrogens is 318 g/mol. The minimum absolute atomic E-state index is 0.757. The Hall–Kier alpha value is -0.0800. The van der Waals surface area contributed by atoms with Gasteiger partial charge in [-0.25, -0.2) is 0 Å². The first-order valence-electron chi connectivity index (χ1n) is 12.2.